The summed E-state index contributed by atoms with van der Waals surface area (Å²) in [5, 5.41) is 0. The third-order valence-corrected chi connectivity index (χ3v) is 2.28. The minimum Gasteiger partial charge on any atom is -0.422 e. The summed E-state index contributed by atoms with van der Waals surface area (Å²) in [6.45, 7) is 0. The van der Waals surface area contributed by atoms with Gasteiger partial charge in [0.15, 0.2) is 0 Å². The van der Waals surface area contributed by atoms with Crippen molar-refractivity contribution < 1.29 is 9.53 Å². The smallest absolute Gasteiger partial charge is 0.344 e. The predicted octanol–water partition coefficient (Wildman–Crippen LogP) is 2.59. The molecule has 1 heterocycles. The molecule has 0 saturated carbocycles. The van der Waals surface area contributed by atoms with Gasteiger partial charge in [-0.1, -0.05) is 18.2 Å². The average molecular weight is 272 g/mol. The van der Waals surface area contributed by atoms with Gasteiger partial charge >= 0.3 is 5.97 Å². The summed E-state index contributed by atoms with van der Waals surface area (Å²) in [6.07, 6.45) is 0. The van der Waals surface area contributed by atoms with E-state index in [9.17, 15) is 4.79 Å². The average Bonchev–Trinajstić information content (AvgIpc) is 2.44. The van der Waals surface area contributed by atoms with E-state index < -0.39 is 0 Å². The van der Waals surface area contributed by atoms with Crippen molar-refractivity contribution in [3.63, 3.8) is 0 Å². The maximum absolute atomic E-state index is 11.2. The normalized spacial score (nSPS) is 17.8. The highest BCUT2D eigenvalue weighted by atomic mass is 127. The van der Waals surface area contributed by atoms with Crippen molar-refractivity contribution >= 4 is 34.3 Å². The Labute approximate surface area is 83.4 Å². The highest BCUT2D eigenvalue weighted by molar-refractivity contribution is 14.1. The molecule has 0 unspecified atom stereocenters. The third kappa shape index (κ3) is 1.04. The van der Waals surface area contributed by atoms with Crippen molar-refractivity contribution in [1.29, 1.82) is 0 Å². The molecule has 2 rings (SSSR count). The van der Waals surface area contributed by atoms with Crippen LogP contribution in [-0.2, 0) is 4.74 Å². The van der Waals surface area contributed by atoms with Crippen LogP contribution in [0.15, 0.2) is 28.3 Å². The van der Waals surface area contributed by atoms with E-state index in [0.717, 1.165) is 5.56 Å². The summed E-state index contributed by atoms with van der Waals surface area (Å²) in [6, 6.07) is 7.37. The number of rotatable bonds is 0. The molecule has 0 spiro atoms. The van der Waals surface area contributed by atoms with Gasteiger partial charge in [0.25, 0.3) is 0 Å². The molecule has 0 radical (unpaired) electrons. The molecular formula is C9H5IO2. The van der Waals surface area contributed by atoms with Gasteiger partial charge in [-0.15, -0.1) is 0 Å². The van der Waals surface area contributed by atoms with Crippen LogP contribution >= 0.6 is 22.6 Å². The van der Waals surface area contributed by atoms with E-state index in [1.807, 2.05) is 18.2 Å². The first-order valence-electron chi connectivity index (χ1n) is 3.45. The van der Waals surface area contributed by atoms with Crippen molar-refractivity contribution in [1.82, 2.24) is 0 Å². The van der Waals surface area contributed by atoms with E-state index in [-0.39, 0.29) is 5.97 Å². The molecule has 3 heteroatoms. The van der Waals surface area contributed by atoms with E-state index in [2.05, 4.69) is 22.6 Å². The van der Waals surface area contributed by atoms with Crippen LogP contribution in [0.5, 0.6) is 0 Å². The number of carbonyl (C=O) groups excluding carboxylic acids is 1. The Morgan fingerprint density at radius 3 is 2.58 bits per heavy atom. The molecule has 1 aromatic carbocycles. The Morgan fingerprint density at radius 2 is 1.92 bits per heavy atom. The Morgan fingerprint density at radius 1 is 1.25 bits per heavy atom. The van der Waals surface area contributed by atoms with Gasteiger partial charge in [0.1, 0.15) is 5.76 Å². The Kier molecular flexibility index (Phi) is 1.88. The zero-order chi connectivity index (χ0) is 8.55. The molecule has 0 aromatic heterocycles. The first kappa shape index (κ1) is 7.79. The van der Waals surface area contributed by atoms with Crippen molar-refractivity contribution in [2.75, 3.05) is 0 Å². The van der Waals surface area contributed by atoms with E-state index in [0.29, 0.717) is 11.3 Å². The Hall–Kier alpha value is -0.840. The molecule has 0 saturated heterocycles. The summed E-state index contributed by atoms with van der Waals surface area (Å²) in [5.74, 6) is 0.393. The quantitative estimate of drug-likeness (QED) is 0.536. The molecule has 0 fully saturated rings. The number of carbonyl (C=O) groups is 1. The number of cyclic esters (lactones) is 1. The fraction of sp³-hybridized carbons (Fsp3) is 0. The minimum atomic E-state index is -0.256. The number of ether oxygens (including phenoxy) is 1. The molecule has 0 atom stereocenters. The first-order chi connectivity index (χ1) is 5.83. The van der Waals surface area contributed by atoms with E-state index in [4.69, 9.17) is 4.74 Å². The van der Waals surface area contributed by atoms with Crippen molar-refractivity contribution in [3.05, 3.63) is 39.5 Å². The number of hydrogen-bond acceptors (Lipinski definition) is 2. The van der Waals surface area contributed by atoms with Crippen LogP contribution in [0.1, 0.15) is 15.9 Å². The number of fused-ring (bicyclic) bond motifs is 1. The predicted molar refractivity (Wildman–Crippen MR) is 53.9 cm³/mol. The molecule has 2 nitrogen and oxygen atoms in total. The summed E-state index contributed by atoms with van der Waals surface area (Å²) in [7, 11) is 0. The highest BCUT2D eigenvalue weighted by Gasteiger charge is 2.24. The molecule has 1 aliphatic rings. The van der Waals surface area contributed by atoms with Crippen LogP contribution in [0.3, 0.4) is 0 Å². The lowest BCUT2D eigenvalue weighted by molar-refractivity contribution is 0.0716. The lowest BCUT2D eigenvalue weighted by atomic mass is 10.1. The van der Waals surface area contributed by atoms with Crippen molar-refractivity contribution in [2.45, 2.75) is 0 Å². The van der Waals surface area contributed by atoms with E-state index >= 15 is 0 Å². The standard InChI is InChI=1S/C9H5IO2/c10-5-8-6-3-1-2-4-7(6)9(11)12-8/h1-5H/b8-5+. The van der Waals surface area contributed by atoms with Gasteiger partial charge in [0.05, 0.1) is 5.56 Å². The fourth-order valence-corrected chi connectivity index (χ4v) is 1.63. The number of esters is 1. The third-order valence-electron chi connectivity index (χ3n) is 1.71. The molecule has 0 amide bonds. The second kappa shape index (κ2) is 2.90. The summed E-state index contributed by atoms with van der Waals surface area (Å²) < 4.78 is 6.76. The SMILES string of the molecule is O=C1O/C(=C/I)c2ccccc21. The second-order valence-electron chi connectivity index (χ2n) is 2.41. The van der Waals surface area contributed by atoms with Crippen LogP contribution in [0.2, 0.25) is 0 Å². The maximum atomic E-state index is 11.2. The maximum Gasteiger partial charge on any atom is 0.344 e. The van der Waals surface area contributed by atoms with E-state index in [1.165, 1.54) is 0 Å². The lowest BCUT2D eigenvalue weighted by Gasteiger charge is -1.92. The summed E-state index contributed by atoms with van der Waals surface area (Å²) in [4.78, 5) is 11.2. The molecule has 12 heavy (non-hydrogen) atoms. The van der Waals surface area contributed by atoms with Crippen LogP contribution in [0.4, 0.5) is 0 Å². The number of halogens is 1. The fourth-order valence-electron chi connectivity index (χ4n) is 1.17. The van der Waals surface area contributed by atoms with Crippen molar-refractivity contribution in [3.8, 4) is 0 Å². The molecule has 1 aromatic rings. The zero-order valence-corrected chi connectivity index (χ0v) is 8.24. The van der Waals surface area contributed by atoms with Gasteiger partial charge < -0.3 is 4.74 Å². The number of hydrogen-bond donors (Lipinski definition) is 0. The molecule has 60 valence electrons. The molecule has 1 aliphatic heterocycles. The topological polar surface area (TPSA) is 26.3 Å². The first-order valence-corrected chi connectivity index (χ1v) is 4.69. The van der Waals surface area contributed by atoms with E-state index in [1.54, 1.807) is 10.1 Å². The van der Waals surface area contributed by atoms with Gasteiger partial charge in [-0.25, -0.2) is 4.79 Å². The summed E-state index contributed by atoms with van der Waals surface area (Å²) in [5.41, 5.74) is 1.54. The van der Waals surface area contributed by atoms with Crippen LogP contribution < -0.4 is 0 Å². The molecule has 0 N–H and O–H groups in total. The van der Waals surface area contributed by atoms with Crippen LogP contribution in [0, 0.1) is 0 Å². The van der Waals surface area contributed by atoms with Crippen LogP contribution in [-0.4, -0.2) is 5.97 Å². The Balaban J connectivity index is 2.65. The Bertz CT molecular complexity index is 369. The van der Waals surface area contributed by atoms with Crippen molar-refractivity contribution in [2.24, 2.45) is 0 Å². The largest absolute Gasteiger partial charge is 0.422 e. The summed E-state index contributed by atoms with van der Waals surface area (Å²) >= 11 is 2.06. The zero-order valence-electron chi connectivity index (χ0n) is 6.08. The highest BCUT2D eigenvalue weighted by Crippen LogP contribution is 2.29. The van der Waals surface area contributed by atoms with Gasteiger partial charge in [0, 0.05) is 9.65 Å². The van der Waals surface area contributed by atoms with Gasteiger partial charge in [-0.3, -0.25) is 0 Å². The van der Waals surface area contributed by atoms with Gasteiger partial charge in [-0.2, -0.15) is 0 Å². The monoisotopic (exact) mass is 272 g/mol. The minimum absolute atomic E-state index is 0.256. The second-order valence-corrected chi connectivity index (χ2v) is 3.03. The van der Waals surface area contributed by atoms with Crippen LogP contribution in [0.25, 0.3) is 5.76 Å². The lowest BCUT2D eigenvalue weighted by Crippen LogP contribution is -1.91. The molecule has 0 bridgehead atoms. The van der Waals surface area contributed by atoms with Gasteiger partial charge in [-0.05, 0) is 28.7 Å². The van der Waals surface area contributed by atoms with Gasteiger partial charge in [0.2, 0.25) is 0 Å². The number of benzene rings is 1. The molecule has 0 aliphatic carbocycles. The molecular weight excluding hydrogens is 267 g/mol.